The van der Waals surface area contributed by atoms with E-state index in [1.165, 1.54) is 4.31 Å². The van der Waals surface area contributed by atoms with Gasteiger partial charge in [-0.2, -0.15) is 17.4 Å². The summed E-state index contributed by atoms with van der Waals surface area (Å²) in [7, 11) is -3.57. The molecule has 1 unspecified atom stereocenters. The Labute approximate surface area is 132 Å². The van der Waals surface area contributed by atoms with E-state index in [0.717, 1.165) is 5.56 Å². The summed E-state index contributed by atoms with van der Waals surface area (Å²) < 4.78 is 29.2. The van der Waals surface area contributed by atoms with E-state index < -0.39 is 16.3 Å². The van der Waals surface area contributed by atoms with E-state index in [-0.39, 0.29) is 0 Å². The molecular weight excluding hydrogens is 298 g/mol. The molecule has 0 aliphatic rings. The van der Waals surface area contributed by atoms with Crippen molar-refractivity contribution < 1.29 is 8.42 Å². The van der Waals surface area contributed by atoms with Gasteiger partial charge in [-0.05, 0) is 17.7 Å². The van der Waals surface area contributed by atoms with Crippen molar-refractivity contribution in [2.24, 2.45) is 0 Å². The third kappa shape index (κ3) is 3.91. The van der Waals surface area contributed by atoms with Crippen LogP contribution in [0, 0.1) is 0 Å². The number of benzene rings is 1. The van der Waals surface area contributed by atoms with E-state index in [1.54, 1.807) is 6.20 Å². The summed E-state index contributed by atoms with van der Waals surface area (Å²) >= 11 is 0. The van der Waals surface area contributed by atoms with Crippen molar-refractivity contribution in [3.8, 4) is 0 Å². The Balaban J connectivity index is 2.39. The second-order valence-electron chi connectivity index (χ2n) is 4.81. The topological polar surface area (TPSA) is 62.3 Å². The summed E-state index contributed by atoms with van der Waals surface area (Å²) in [5, 5.41) is 0. The molecule has 0 saturated carbocycles. The molecule has 0 aliphatic carbocycles. The van der Waals surface area contributed by atoms with Crippen LogP contribution < -0.4 is 4.72 Å². The van der Waals surface area contributed by atoms with Crippen molar-refractivity contribution in [2.45, 2.75) is 19.9 Å². The van der Waals surface area contributed by atoms with Gasteiger partial charge < -0.3 is 0 Å². The van der Waals surface area contributed by atoms with Crippen molar-refractivity contribution in [3.05, 3.63) is 66.0 Å². The van der Waals surface area contributed by atoms with Gasteiger partial charge in [0.25, 0.3) is 10.2 Å². The van der Waals surface area contributed by atoms with E-state index >= 15 is 0 Å². The molecule has 1 aromatic carbocycles. The fourth-order valence-electron chi connectivity index (χ4n) is 2.28. The molecule has 1 aromatic heterocycles. The molecule has 118 valence electrons. The smallest absolute Gasteiger partial charge is 0.259 e. The average molecular weight is 319 g/mol. The predicted molar refractivity (Wildman–Crippen MR) is 87.5 cm³/mol. The summed E-state index contributed by atoms with van der Waals surface area (Å²) in [5.74, 6) is 0. The highest BCUT2D eigenvalue weighted by molar-refractivity contribution is 7.87. The molecule has 0 fully saturated rings. The minimum Gasteiger partial charge on any atom is -0.259 e. The molecule has 0 aliphatic heterocycles. The van der Waals surface area contributed by atoms with Crippen LogP contribution in [0.5, 0.6) is 0 Å². The Hall–Kier alpha value is -1.76. The van der Waals surface area contributed by atoms with Gasteiger partial charge in [0, 0.05) is 19.3 Å². The van der Waals surface area contributed by atoms with Crippen LogP contribution in [0.4, 0.5) is 0 Å². The Morgan fingerprint density at radius 2 is 1.68 bits per heavy atom. The van der Waals surface area contributed by atoms with Crippen LogP contribution in [0.1, 0.15) is 31.1 Å². The fraction of sp³-hybridized carbons (Fsp3) is 0.312. The number of aromatic nitrogens is 1. The minimum absolute atomic E-state index is 0.426. The largest absolute Gasteiger partial charge is 0.280 e. The molecule has 2 rings (SSSR count). The van der Waals surface area contributed by atoms with Crippen LogP contribution in [0.3, 0.4) is 0 Å². The monoisotopic (exact) mass is 319 g/mol. The first-order chi connectivity index (χ1) is 10.6. The lowest BCUT2D eigenvalue weighted by Gasteiger charge is -2.24. The Bertz CT molecular complexity index is 632. The van der Waals surface area contributed by atoms with Gasteiger partial charge >= 0.3 is 0 Å². The molecule has 2 aromatic rings. The standard InChI is InChI=1S/C16H21N3O2S/c1-3-19(4-2)22(20,21)18-16(14-10-6-5-7-11-14)15-12-8-9-13-17-15/h5-13,16,18H,3-4H2,1-2H3. The Kier molecular flexibility index (Phi) is 5.65. The normalized spacial score (nSPS) is 13.2. The fourth-order valence-corrected chi connectivity index (χ4v) is 3.66. The summed E-state index contributed by atoms with van der Waals surface area (Å²) in [6, 6.07) is 14.4. The molecule has 1 heterocycles. The van der Waals surface area contributed by atoms with Crippen molar-refractivity contribution >= 4 is 10.2 Å². The number of pyridine rings is 1. The molecule has 1 N–H and O–H groups in total. The van der Waals surface area contributed by atoms with E-state index in [4.69, 9.17) is 0 Å². The van der Waals surface area contributed by atoms with Crippen molar-refractivity contribution in [1.29, 1.82) is 0 Å². The summed E-state index contributed by atoms with van der Waals surface area (Å²) in [4.78, 5) is 4.31. The van der Waals surface area contributed by atoms with Gasteiger partial charge in [-0.25, -0.2) is 0 Å². The number of rotatable bonds is 7. The maximum Gasteiger partial charge on any atom is 0.280 e. The summed E-state index contributed by atoms with van der Waals surface area (Å²) in [6.07, 6.45) is 1.66. The third-order valence-electron chi connectivity index (χ3n) is 3.43. The maximum atomic E-state index is 12.5. The molecule has 0 bridgehead atoms. The quantitative estimate of drug-likeness (QED) is 0.852. The van der Waals surface area contributed by atoms with E-state index in [1.807, 2.05) is 62.4 Å². The molecule has 5 nitrogen and oxygen atoms in total. The molecule has 1 atom stereocenters. The zero-order valence-corrected chi connectivity index (χ0v) is 13.6. The van der Waals surface area contributed by atoms with Crippen LogP contribution in [-0.2, 0) is 10.2 Å². The van der Waals surface area contributed by atoms with Crippen LogP contribution in [-0.4, -0.2) is 30.8 Å². The Morgan fingerprint density at radius 3 is 2.23 bits per heavy atom. The average Bonchev–Trinajstić information content (AvgIpc) is 2.55. The van der Waals surface area contributed by atoms with Gasteiger partial charge in [-0.3, -0.25) is 4.98 Å². The number of nitrogens with one attached hydrogen (secondary N) is 1. The molecular formula is C16H21N3O2S. The lowest BCUT2D eigenvalue weighted by Crippen LogP contribution is -2.42. The van der Waals surface area contributed by atoms with Gasteiger partial charge in [-0.15, -0.1) is 0 Å². The molecule has 22 heavy (non-hydrogen) atoms. The van der Waals surface area contributed by atoms with Crippen molar-refractivity contribution in [3.63, 3.8) is 0 Å². The lowest BCUT2D eigenvalue weighted by molar-refractivity contribution is 0.430. The highest BCUT2D eigenvalue weighted by atomic mass is 32.2. The SMILES string of the molecule is CCN(CC)S(=O)(=O)NC(c1ccccc1)c1ccccn1. The third-order valence-corrected chi connectivity index (χ3v) is 5.16. The lowest BCUT2D eigenvalue weighted by atomic mass is 10.0. The zero-order chi connectivity index (χ0) is 16.0. The summed E-state index contributed by atoms with van der Waals surface area (Å²) in [6.45, 7) is 4.49. The predicted octanol–water partition coefficient (Wildman–Crippen LogP) is 2.35. The van der Waals surface area contributed by atoms with Gasteiger partial charge in [0.2, 0.25) is 0 Å². The maximum absolute atomic E-state index is 12.5. The van der Waals surface area contributed by atoms with Crippen LogP contribution >= 0.6 is 0 Å². The van der Waals surface area contributed by atoms with Crippen molar-refractivity contribution in [2.75, 3.05) is 13.1 Å². The molecule has 6 heteroatoms. The van der Waals surface area contributed by atoms with Gasteiger partial charge in [0.05, 0.1) is 11.7 Å². The number of hydrogen-bond acceptors (Lipinski definition) is 3. The van der Waals surface area contributed by atoms with E-state index in [9.17, 15) is 8.42 Å². The molecule has 0 saturated heterocycles. The van der Waals surface area contributed by atoms with E-state index in [0.29, 0.717) is 18.8 Å². The van der Waals surface area contributed by atoms with Crippen LogP contribution in [0.25, 0.3) is 0 Å². The number of hydrogen-bond donors (Lipinski definition) is 1. The molecule has 0 radical (unpaired) electrons. The highest BCUT2D eigenvalue weighted by Gasteiger charge is 2.25. The van der Waals surface area contributed by atoms with E-state index in [2.05, 4.69) is 9.71 Å². The highest BCUT2D eigenvalue weighted by Crippen LogP contribution is 2.21. The first-order valence-electron chi connectivity index (χ1n) is 7.31. The first kappa shape index (κ1) is 16.6. The zero-order valence-electron chi connectivity index (χ0n) is 12.8. The second-order valence-corrected chi connectivity index (χ2v) is 6.51. The van der Waals surface area contributed by atoms with Crippen LogP contribution in [0.2, 0.25) is 0 Å². The van der Waals surface area contributed by atoms with Crippen LogP contribution in [0.15, 0.2) is 54.7 Å². The van der Waals surface area contributed by atoms with Crippen molar-refractivity contribution in [1.82, 2.24) is 14.0 Å². The molecule has 0 amide bonds. The summed E-state index contributed by atoms with van der Waals surface area (Å²) in [5.41, 5.74) is 1.53. The molecule has 0 spiro atoms. The van der Waals surface area contributed by atoms with Gasteiger partial charge in [-0.1, -0.05) is 50.2 Å². The van der Waals surface area contributed by atoms with Gasteiger partial charge in [0.1, 0.15) is 0 Å². The Morgan fingerprint density at radius 1 is 1.05 bits per heavy atom. The number of nitrogens with zero attached hydrogens (tertiary/aromatic N) is 2. The first-order valence-corrected chi connectivity index (χ1v) is 8.75. The minimum atomic E-state index is -3.57. The van der Waals surface area contributed by atoms with Gasteiger partial charge in [0.15, 0.2) is 0 Å². The second kappa shape index (κ2) is 7.49.